The molecule has 0 aliphatic heterocycles. The Morgan fingerprint density at radius 1 is 1.73 bits per heavy atom. The standard InChI is InChI=1S/C5H10O2S.HNO2/c1-2-3-4(6)5(7)8;2-1-3/h4,6H,2-3H2,1H3,(H,7,8);(H,2,3). The first-order valence-electron chi connectivity index (χ1n) is 2.97. The molecule has 0 fully saturated rings. The van der Waals surface area contributed by atoms with Crippen molar-refractivity contribution < 1.29 is 15.4 Å². The molecule has 0 aromatic rings. The van der Waals surface area contributed by atoms with E-state index in [2.05, 4.69) is 12.2 Å². The van der Waals surface area contributed by atoms with Crippen LogP contribution in [-0.2, 0) is 0 Å². The minimum atomic E-state index is -0.796. The van der Waals surface area contributed by atoms with Gasteiger partial charge in [0, 0.05) is 0 Å². The molecule has 0 spiro atoms. The van der Waals surface area contributed by atoms with Gasteiger partial charge in [0.25, 0.3) is 0 Å². The first-order chi connectivity index (χ1) is 5.09. The van der Waals surface area contributed by atoms with Crippen molar-refractivity contribution in [3.8, 4) is 0 Å². The van der Waals surface area contributed by atoms with Crippen LogP contribution in [0.2, 0.25) is 0 Å². The monoisotopic (exact) mass is 181 g/mol. The van der Waals surface area contributed by atoms with E-state index in [9.17, 15) is 0 Å². The molecule has 0 saturated carbocycles. The Labute approximate surface area is 69.6 Å². The Morgan fingerprint density at radius 3 is 2.18 bits per heavy atom. The van der Waals surface area contributed by atoms with E-state index < -0.39 is 6.10 Å². The Hall–Kier alpha value is -0.750. The minimum absolute atomic E-state index is 0.299. The molecule has 0 aliphatic rings. The number of nitrogens with zero attached hydrogens (tertiary/aromatic N) is 1. The molecule has 1 atom stereocenters. The van der Waals surface area contributed by atoms with Crippen LogP contribution >= 0.6 is 12.2 Å². The van der Waals surface area contributed by atoms with Gasteiger partial charge in [0.1, 0.15) is 6.10 Å². The van der Waals surface area contributed by atoms with E-state index in [0.717, 1.165) is 6.42 Å². The summed E-state index contributed by atoms with van der Waals surface area (Å²) in [6.07, 6.45) is 0.590. The average Bonchev–Trinajstić information content (AvgIpc) is 1.90. The third-order valence-corrected chi connectivity index (χ3v) is 1.12. The lowest BCUT2D eigenvalue weighted by atomic mass is 10.2. The number of thiocarbonyl (C=S) groups is 1. The summed E-state index contributed by atoms with van der Waals surface area (Å²) >= 11 is 4.29. The second kappa shape index (κ2) is 9.25. The topological polar surface area (TPSA) is 90.1 Å². The van der Waals surface area contributed by atoms with Crippen LogP contribution in [0.4, 0.5) is 0 Å². The number of hydrogen-bond donors (Lipinski definition) is 3. The highest BCUT2D eigenvalue weighted by molar-refractivity contribution is 7.80. The van der Waals surface area contributed by atoms with Crippen LogP contribution in [0.15, 0.2) is 5.34 Å². The van der Waals surface area contributed by atoms with E-state index in [1.54, 1.807) is 0 Å². The van der Waals surface area contributed by atoms with Crippen molar-refractivity contribution in [1.29, 1.82) is 0 Å². The molecule has 0 aliphatic carbocycles. The van der Waals surface area contributed by atoms with Crippen molar-refractivity contribution in [3.05, 3.63) is 4.91 Å². The van der Waals surface area contributed by atoms with Gasteiger partial charge in [-0.1, -0.05) is 13.3 Å². The van der Waals surface area contributed by atoms with Crippen molar-refractivity contribution in [3.63, 3.8) is 0 Å². The SMILES string of the molecule is CCCC(O)C(O)=S.O=NO. The summed E-state index contributed by atoms with van der Waals surface area (Å²) in [6.45, 7) is 1.92. The molecule has 6 heteroatoms. The fraction of sp³-hybridized carbons (Fsp3) is 0.800. The van der Waals surface area contributed by atoms with Gasteiger partial charge in [-0.25, -0.2) is 0 Å². The average molecular weight is 181 g/mol. The second-order valence-electron chi connectivity index (χ2n) is 1.72. The van der Waals surface area contributed by atoms with Gasteiger partial charge in [0.2, 0.25) is 0 Å². The van der Waals surface area contributed by atoms with Crippen molar-refractivity contribution in [1.82, 2.24) is 0 Å². The van der Waals surface area contributed by atoms with Crippen LogP contribution in [0.3, 0.4) is 0 Å². The van der Waals surface area contributed by atoms with E-state index in [1.807, 2.05) is 6.92 Å². The lowest BCUT2D eigenvalue weighted by Crippen LogP contribution is -2.16. The van der Waals surface area contributed by atoms with Crippen LogP contribution < -0.4 is 0 Å². The molecule has 0 rings (SSSR count). The van der Waals surface area contributed by atoms with Gasteiger partial charge < -0.3 is 15.4 Å². The first kappa shape index (κ1) is 12.9. The minimum Gasteiger partial charge on any atom is -0.500 e. The summed E-state index contributed by atoms with van der Waals surface area (Å²) in [5.74, 6) is 0. The lowest BCUT2D eigenvalue weighted by Gasteiger charge is -2.02. The van der Waals surface area contributed by atoms with Crippen molar-refractivity contribution in [2.24, 2.45) is 5.34 Å². The maximum absolute atomic E-state index is 8.74. The lowest BCUT2D eigenvalue weighted by molar-refractivity contribution is 0.210. The van der Waals surface area contributed by atoms with Gasteiger partial charge in [0.15, 0.2) is 10.4 Å². The largest absolute Gasteiger partial charge is 0.500 e. The van der Waals surface area contributed by atoms with E-state index in [0.29, 0.717) is 6.42 Å². The molecule has 0 heterocycles. The van der Waals surface area contributed by atoms with Crippen molar-refractivity contribution in [2.45, 2.75) is 25.9 Å². The highest BCUT2D eigenvalue weighted by Crippen LogP contribution is 1.95. The normalized spacial score (nSPS) is 10.7. The van der Waals surface area contributed by atoms with Crippen molar-refractivity contribution in [2.75, 3.05) is 0 Å². The van der Waals surface area contributed by atoms with Crippen LogP contribution in [0.1, 0.15) is 19.8 Å². The summed E-state index contributed by atoms with van der Waals surface area (Å²) in [5, 5.41) is 24.8. The van der Waals surface area contributed by atoms with Crippen LogP contribution in [-0.4, -0.2) is 26.6 Å². The van der Waals surface area contributed by atoms with E-state index in [4.69, 9.17) is 20.3 Å². The predicted octanol–water partition coefficient (Wildman–Crippen LogP) is 1.17. The summed E-state index contributed by atoms with van der Waals surface area (Å²) in [4.78, 5) is 8.11. The first-order valence-corrected chi connectivity index (χ1v) is 3.38. The van der Waals surface area contributed by atoms with Gasteiger partial charge >= 0.3 is 0 Å². The fourth-order valence-corrected chi connectivity index (χ4v) is 0.515. The Morgan fingerprint density at radius 2 is 2.09 bits per heavy atom. The Bertz CT molecular complexity index is 119. The third-order valence-electron chi connectivity index (χ3n) is 0.847. The molecular formula is C5H11NO4S. The second-order valence-corrected chi connectivity index (χ2v) is 2.14. The molecular weight excluding hydrogens is 170 g/mol. The Balaban J connectivity index is 0. The van der Waals surface area contributed by atoms with Gasteiger partial charge in [-0.3, -0.25) is 0 Å². The fourth-order valence-electron chi connectivity index (χ4n) is 0.397. The molecule has 0 aromatic heterocycles. The zero-order chi connectivity index (χ0) is 9.28. The van der Waals surface area contributed by atoms with E-state index >= 15 is 0 Å². The number of hydrogen-bond acceptors (Lipinski definition) is 4. The van der Waals surface area contributed by atoms with Crippen LogP contribution in [0, 0.1) is 4.91 Å². The molecule has 3 N–H and O–H groups in total. The van der Waals surface area contributed by atoms with Gasteiger partial charge in [-0.05, 0) is 18.6 Å². The smallest absolute Gasteiger partial charge is 0.186 e. The van der Waals surface area contributed by atoms with Crippen LogP contribution in [0.25, 0.3) is 0 Å². The van der Waals surface area contributed by atoms with Crippen LogP contribution in [0.5, 0.6) is 0 Å². The molecule has 0 amide bonds. The maximum atomic E-state index is 8.74. The molecule has 0 aromatic carbocycles. The molecule has 0 bridgehead atoms. The number of rotatable bonds is 3. The zero-order valence-corrected chi connectivity index (χ0v) is 6.91. The molecule has 1 unspecified atom stereocenters. The summed E-state index contributed by atoms with van der Waals surface area (Å²) in [5.41, 5.74) is 0. The highest BCUT2D eigenvalue weighted by atomic mass is 32.1. The number of aliphatic hydroxyl groups is 2. The molecule has 0 saturated heterocycles. The zero-order valence-electron chi connectivity index (χ0n) is 6.10. The molecule has 11 heavy (non-hydrogen) atoms. The van der Waals surface area contributed by atoms with Gasteiger partial charge in [-0.2, -0.15) is 0 Å². The molecule has 5 nitrogen and oxygen atoms in total. The van der Waals surface area contributed by atoms with Gasteiger partial charge in [0.05, 0.1) is 0 Å². The summed E-state index contributed by atoms with van der Waals surface area (Å²) in [6, 6.07) is 0. The van der Waals surface area contributed by atoms with E-state index in [-0.39, 0.29) is 5.05 Å². The summed E-state index contributed by atoms with van der Waals surface area (Å²) < 4.78 is 0. The predicted molar refractivity (Wildman–Crippen MR) is 43.7 cm³/mol. The molecule has 66 valence electrons. The van der Waals surface area contributed by atoms with E-state index in [1.165, 1.54) is 5.34 Å². The maximum Gasteiger partial charge on any atom is 0.186 e. The third kappa shape index (κ3) is 12.4. The van der Waals surface area contributed by atoms with Gasteiger partial charge in [-0.15, -0.1) is 4.91 Å². The quantitative estimate of drug-likeness (QED) is 0.345. The Kier molecular flexibility index (Phi) is 10.8. The molecule has 0 radical (unpaired) electrons. The number of aliphatic hydroxyl groups excluding tert-OH is 2. The van der Waals surface area contributed by atoms with Crippen molar-refractivity contribution >= 4 is 17.3 Å². The highest BCUT2D eigenvalue weighted by Gasteiger charge is 2.05. The summed E-state index contributed by atoms with van der Waals surface area (Å²) in [7, 11) is 0.